The van der Waals surface area contributed by atoms with Crippen molar-refractivity contribution in [1.29, 1.82) is 0 Å². The second kappa shape index (κ2) is 5.40. The second-order valence-corrected chi connectivity index (χ2v) is 5.05. The monoisotopic (exact) mass is 266 g/mol. The van der Waals surface area contributed by atoms with E-state index in [0.717, 1.165) is 12.5 Å². The highest BCUT2D eigenvalue weighted by Crippen LogP contribution is 2.31. The van der Waals surface area contributed by atoms with Crippen LogP contribution < -0.4 is 0 Å². The summed E-state index contributed by atoms with van der Waals surface area (Å²) in [5.74, 6) is -1.14. The van der Waals surface area contributed by atoms with E-state index in [9.17, 15) is 13.6 Å². The van der Waals surface area contributed by atoms with Gasteiger partial charge >= 0.3 is 0 Å². The lowest BCUT2D eigenvalue weighted by Gasteiger charge is -1.99. The second-order valence-electron chi connectivity index (χ2n) is 3.96. The molecule has 0 atom stereocenters. The van der Waals surface area contributed by atoms with E-state index >= 15 is 0 Å². The Morgan fingerprint density at radius 2 is 2.00 bits per heavy atom. The maximum atomic E-state index is 13.6. The number of halogens is 2. The van der Waals surface area contributed by atoms with E-state index in [2.05, 4.69) is 0 Å². The fourth-order valence-corrected chi connectivity index (χ4v) is 2.67. The zero-order chi connectivity index (χ0) is 13.1. The maximum absolute atomic E-state index is 13.6. The normalized spacial score (nSPS) is 10.6. The smallest absolute Gasteiger partial charge is 0.172 e. The van der Waals surface area contributed by atoms with Crippen molar-refractivity contribution in [3.8, 4) is 10.4 Å². The fraction of sp³-hybridized carbons (Fsp3) is 0.214. The molecule has 0 amide bonds. The minimum atomic E-state index is -0.605. The van der Waals surface area contributed by atoms with Gasteiger partial charge in [0.25, 0.3) is 0 Å². The van der Waals surface area contributed by atoms with Gasteiger partial charge in [-0.3, -0.25) is 4.79 Å². The Labute approximate surface area is 108 Å². The summed E-state index contributed by atoms with van der Waals surface area (Å²) in [4.78, 5) is 13.0. The van der Waals surface area contributed by atoms with Crippen molar-refractivity contribution in [1.82, 2.24) is 0 Å². The molecule has 94 valence electrons. The Hall–Kier alpha value is -1.55. The van der Waals surface area contributed by atoms with Gasteiger partial charge in [-0.05, 0) is 30.7 Å². The molecule has 1 nitrogen and oxygen atoms in total. The zero-order valence-electron chi connectivity index (χ0n) is 9.87. The van der Waals surface area contributed by atoms with Crippen LogP contribution in [0.2, 0.25) is 0 Å². The van der Waals surface area contributed by atoms with Crippen LogP contribution in [0, 0.1) is 11.6 Å². The molecule has 2 rings (SSSR count). The van der Waals surface area contributed by atoms with Gasteiger partial charge in [-0.2, -0.15) is 0 Å². The lowest BCUT2D eigenvalue weighted by Crippen LogP contribution is -1.93. The highest BCUT2D eigenvalue weighted by Gasteiger charge is 2.12. The van der Waals surface area contributed by atoms with E-state index in [-0.39, 0.29) is 5.78 Å². The van der Waals surface area contributed by atoms with Crippen LogP contribution in [0.4, 0.5) is 8.78 Å². The van der Waals surface area contributed by atoms with Crippen molar-refractivity contribution in [2.75, 3.05) is 0 Å². The molecule has 18 heavy (non-hydrogen) atoms. The third-order valence-corrected chi connectivity index (χ3v) is 3.71. The Bertz CT molecular complexity index is 575. The number of hydrogen-bond acceptors (Lipinski definition) is 2. The van der Waals surface area contributed by atoms with Crippen LogP contribution >= 0.6 is 11.3 Å². The summed E-state index contributed by atoms with van der Waals surface area (Å²) in [5.41, 5.74) is 0.331. The molecule has 0 bridgehead atoms. The zero-order valence-corrected chi connectivity index (χ0v) is 10.7. The first kappa shape index (κ1) is 12.9. The molecular formula is C14H12F2OS. The Morgan fingerprint density at radius 3 is 2.67 bits per heavy atom. The molecular weight excluding hydrogens is 254 g/mol. The van der Waals surface area contributed by atoms with Gasteiger partial charge in [0, 0.05) is 22.9 Å². The average molecular weight is 266 g/mol. The molecule has 0 saturated heterocycles. The van der Waals surface area contributed by atoms with Crippen molar-refractivity contribution in [3.05, 3.63) is 46.8 Å². The van der Waals surface area contributed by atoms with Gasteiger partial charge < -0.3 is 0 Å². The number of thiophene rings is 1. The van der Waals surface area contributed by atoms with E-state index in [1.165, 1.54) is 23.5 Å². The third-order valence-electron chi connectivity index (χ3n) is 2.55. The molecule has 0 unspecified atom stereocenters. The molecule has 1 aromatic heterocycles. The molecule has 0 aliphatic rings. The van der Waals surface area contributed by atoms with Crippen LogP contribution in [0.1, 0.15) is 29.4 Å². The number of rotatable bonds is 4. The lowest BCUT2D eigenvalue weighted by atomic mass is 10.1. The van der Waals surface area contributed by atoms with E-state index in [1.54, 1.807) is 12.1 Å². The first-order valence-corrected chi connectivity index (χ1v) is 6.52. The molecule has 0 fully saturated rings. The minimum absolute atomic E-state index is 0.0660. The molecule has 0 aliphatic heterocycles. The lowest BCUT2D eigenvalue weighted by molar-refractivity contribution is 0.0985. The molecule has 1 aromatic carbocycles. The highest BCUT2D eigenvalue weighted by molar-refractivity contribution is 7.17. The standard InChI is InChI=1S/C14H12F2OS/c1-2-3-12(17)14-7-6-13(18-14)10-5-4-9(15)8-11(10)16/h4-8H,2-3H2,1H3. The van der Waals surface area contributed by atoms with Crippen molar-refractivity contribution in [2.24, 2.45) is 0 Å². The maximum Gasteiger partial charge on any atom is 0.172 e. The predicted octanol–water partition coefficient (Wildman–Crippen LogP) is 4.68. The van der Waals surface area contributed by atoms with Gasteiger partial charge in [0.05, 0.1) is 4.88 Å². The van der Waals surface area contributed by atoms with Gasteiger partial charge in [-0.15, -0.1) is 11.3 Å². The largest absolute Gasteiger partial charge is 0.293 e. The van der Waals surface area contributed by atoms with Crippen LogP contribution in [0.3, 0.4) is 0 Å². The summed E-state index contributed by atoms with van der Waals surface area (Å²) in [5, 5.41) is 0. The topological polar surface area (TPSA) is 17.1 Å². The summed E-state index contributed by atoms with van der Waals surface area (Å²) in [7, 11) is 0. The van der Waals surface area contributed by atoms with Crippen LogP contribution in [-0.4, -0.2) is 5.78 Å². The molecule has 2 aromatic rings. The number of hydrogen-bond donors (Lipinski definition) is 0. The van der Waals surface area contributed by atoms with Gasteiger partial charge in [0.15, 0.2) is 5.78 Å². The summed E-state index contributed by atoms with van der Waals surface area (Å²) in [6.45, 7) is 1.94. The van der Waals surface area contributed by atoms with Crippen molar-refractivity contribution < 1.29 is 13.6 Å². The number of Topliss-reactive ketones (excluding diaryl/α,β-unsaturated/α-hetero) is 1. The van der Waals surface area contributed by atoms with Gasteiger partial charge in [-0.1, -0.05) is 6.92 Å². The van der Waals surface area contributed by atoms with Crippen molar-refractivity contribution in [3.63, 3.8) is 0 Å². The number of carbonyl (C=O) groups excluding carboxylic acids is 1. The van der Waals surface area contributed by atoms with Crippen LogP contribution in [0.15, 0.2) is 30.3 Å². The number of carbonyl (C=O) groups is 1. The van der Waals surface area contributed by atoms with Crippen LogP contribution in [0.25, 0.3) is 10.4 Å². The predicted molar refractivity (Wildman–Crippen MR) is 68.9 cm³/mol. The summed E-state index contributed by atoms with van der Waals surface area (Å²) in [6.07, 6.45) is 1.28. The number of benzene rings is 1. The third kappa shape index (κ3) is 2.64. The molecule has 1 heterocycles. The number of ketones is 1. The summed E-state index contributed by atoms with van der Waals surface area (Å²) in [6, 6.07) is 6.85. The quantitative estimate of drug-likeness (QED) is 0.734. The first-order valence-electron chi connectivity index (χ1n) is 5.70. The average Bonchev–Trinajstić information content (AvgIpc) is 2.78. The van der Waals surface area contributed by atoms with Gasteiger partial charge in [-0.25, -0.2) is 8.78 Å². The Kier molecular flexibility index (Phi) is 3.87. The first-order chi connectivity index (χ1) is 8.61. The Balaban J connectivity index is 2.32. The van der Waals surface area contributed by atoms with Crippen LogP contribution in [0.5, 0.6) is 0 Å². The Morgan fingerprint density at radius 1 is 1.22 bits per heavy atom. The fourth-order valence-electron chi connectivity index (χ4n) is 1.67. The van der Waals surface area contributed by atoms with E-state index in [0.29, 0.717) is 21.7 Å². The molecule has 0 spiro atoms. The molecule has 0 saturated carbocycles. The minimum Gasteiger partial charge on any atom is -0.293 e. The van der Waals surface area contributed by atoms with Crippen LogP contribution in [-0.2, 0) is 0 Å². The van der Waals surface area contributed by atoms with E-state index in [4.69, 9.17) is 0 Å². The summed E-state index contributed by atoms with van der Waals surface area (Å²) < 4.78 is 26.4. The van der Waals surface area contributed by atoms with Gasteiger partial charge in [0.2, 0.25) is 0 Å². The molecule has 0 aliphatic carbocycles. The van der Waals surface area contributed by atoms with Gasteiger partial charge in [0.1, 0.15) is 11.6 Å². The van der Waals surface area contributed by atoms with Crippen molar-refractivity contribution >= 4 is 17.1 Å². The SMILES string of the molecule is CCCC(=O)c1ccc(-c2ccc(F)cc2F)s1. The van der Waals surface area contributed by atoms with E-state index in [1.807, 2.05) is 6.92 Å². The molecule has 0 radical (unpaired) electrons. The van der Waals surface area contributed by atoms with E-state index < -0.39 is 11.6 Å². The molecule has 0 N–H and O–H groups in total. The molecule has 4 heteroatoms. The van der Waals surface area contributed by atoms with Crippen molar-refractivity contribution in [2.45, 2.75) is 19.8 Å². The highest BCUT2D eigenvalue weighted by atomic mass is 32.1. The summed E-state index contributed by atoms with van der Waals surface area (Å²) >= 11 is 1.24.